The summed E-state index contributed by atoms with van der Waals surface area (Å²) < 4.78 is 35.2. The van der Waals surface area contributed by atoms with Crippen LogP contribution < -0.4 is 4.74 Å². The zero-order chi connectivity index (χ0) is 22.6. The van der Waals surface area contributed by atoms with E-state index in [4.69, 9.17) is 4.74 Å². The van der Waals surface area contributed by atoms with E-state index in [2.05, 4.69) is 31.1 Å². The van der Waals surface area contributed by atoms with Gasteiger partial charge in [-0.25, -0.2) is 8.42 Å². The van der Waals surface area contributed by atoms with Crippen LogP contribution in [0.5, 0.6) is 5.75 Å². The van der Waals surface area contributed by atoms with Gasteiger partial charge in [0.05, 0.1) is 18.2 Å². The summed E-state index contributed by atoms with van der Waals surface area (Å²) in [6.45, 7) is 4.10. The summed E-state index contributed by atoms with van der Waals surface area (Å²) in [6, 6.07) is 14.6. The van der Waals surface area contributed by atoms with Gasteiger partial charge in [0, 0.05) is 49.3 Å². The summed E-state index contributed by atoms with van der Waals surface area (Å²) in [6.07, 6.45) is 2.86. The lowest BCUT2D eigenvalue weighted by Crippen LogP contribution is -2.48. The molecule has 10 heteroatoms. The van der Waals surface area contributed by atoms with E-state index in [0.29, 0.717) is 18.0 Å². The van der Waals surface area contributed by atoms with Gasteiger partial charge >= 0.3 is 0 Å². The van der Waals surface area contributed by atoms with Crippen molar-refractivity contribution < 1.29 is 13.2 Å². The minimum atomic E-state index is -3.44. The number of halogens is 1. The molecule has 0 saturated carbocycles. The standard InChI is InChI=1S/C22H26BrN5O3S/c1-31-20-5-2-4-18(16-20)22-17-27(25-24-22)11-3-10-26-12-14-28(15-13-26)32(29,30)21-8-6-19(23)7-9-21/h2,4-9,16-17H,3,10-15H2,1H3. The van der Waals surface area contributed by atoms with Crippen molar-refractivity contribution in [3.8, 4) is 17.0 Å². The highest BCUT2D eigenvalue weighted by Gasteiger charge is 2.28. The second-order valence-corrected chi connectivity index (χ2v) is 10.5. The molecule has 1 saturated heterocycles. The van der Waals surface area contributed by atoms with Crippen molar-refractivity contribution in [2.45, 2.75) is 17.9 Å². The predicted molar refractivity (Wildman–Crippen MR) is 126 cm³/mol. The maximum atomic E-state index is 12.8. The fraction of sp³-hybridized carbons (Fsp3) is 0.364. The van der Waals surface area contributed by atoms with Gasteiger partial charge in [-0.05, 0) is 42.8 Å². The molecule has 0 radical (unpaired) electrons. The topological polar surface area (TPSA) is 80.6 Å². The molecule has 1 aliphatic rings. The first-order chi connectivity index (χ1) is 15.5. The molecule has 2 aromatic carbocycles. The molecule has 1 fully saturated rings. The molecule has 0 atom stereocenters. The number of rotatable bonds is 8. The summed E-state index contributed by atoms with van der Waals surface area (Å²) in [5.41, 5.74) is 1.79. The molecule has 8 nitrogen and oxygen atoms in total. The van der Waals surface area contributed by atoms with Gasteiger partial charge in [-0.3, -0.25) is 4.68 Å². The molecule has 32 heavy (non-hydrogen) atoms. The summed E-state index contributed by atoms with van der Waals surface area (Å²) in [5, 5.41) is 8.50. The third-order valence-electron chi connectivity index (χ3n) is 5.55. The Bertz CT molecular complexity index is 1140. The van der Waals surface area contributed by atoms with E-state index in [9.17, 15) is 8.42 Å². The van der Waals surface area contributed by atoms with Crippen LogP contribution in [0.25, 0.3) is 11.3 Å². The van der Waals surface area contributed by atoms with Crippen LogP contribution in [0.2, 0.25) is 0 Å². The Hall–Kier alpha value is -2.27. The van der Waals surface area contributed by atoms with Crippen molar-refractivity contribution in [3.63, 3.8) is 0 Å². The Labute approximate surface area is 197 Å². The number of piperazine rings is 1. The van der Waals surface area contributed by atoms with Gasteiger partial charge in [0.15, 0.2) is 0 Å². The minimum Gasteiger partial charge on any atom is -0.497 e. The summed E-state index contributed by atoms with van der Waals surface area (Å²) in [4.78, 5) is 2.64. The van der Waals surface area contributed by atoms with Crippen LogP contribution in [0, 0.1) is 0 Å². The fourth-order valence-corrected chi connectivity index (χ4v) is 5.41. The van der Waals surface area contributed by atoms with Crippen LogP contribution >= 0.6 is 15.9 Å². The number of ether oxygens (including phenoxy) is 1. The van der Waals surface area contributed by atoms with Gasteiger partial charge in [-0.2, -0.15) is 4.31 Å². The van der Waals surface area contributed by atoms with Crippen molar-refractivity contribution >= 4 is 26.0 Å². The number of aromatic nitrogens is 3. The van der Waals surface area contributed by atoms with Crippen LogP contribution in [-0.2, 0) is 16.6 Å². The highest BCUT2D eigenvalue weighted by Crippen LogP contribution is 2.22. The number of nitrogens with zero attached hydrogens (tertiary/aromatic N) is 5. The van der Waals surface area contributed by atoms with Crippen molar-refractivity contribution in [3.05, 3.63) is 59.2 Å². The molecule has 0 bridgehead atoms. The third-order valence-corrected chi connectivity index (χ3v) is 7.99. The molecule has 1 aliphatic heterocycles. The average molecular weight is 520 g/mol. The SMILES string of the molecule is COc1cccc(-c2cn(CCCN3CCN(S(=O)(=O)c4ccc(Br)cc4)CC3)nn2)c1. The Morgan fingerprint density at radius 3 is 2.50 bits per heavy atom. The van der Waals surface area contributed by atoms with Gasteiger partial charge in [-0.1, -0.05) is 33.3 Å². The van der Waals surface area contributed by atoms with E-state index >= 15 is 0 Å². The average Bonchev–Trinajstić information content (AvgIpc) is 3.29. The van der Waals surface area contributed by atoms with Gasteiger partial charge in [0.2, 0.25) is 10.0 Å². The van der Waals surface area contributed by atoms with Crippen molar-refractivity contribution in [1.29, 1.82) is 0 Å². The highest BCUT2D eigenvalue weighted by molar-refractivity contribution is 9.10. The maximum Gasteiger partial charge on any atom is 0.243 e. The number of hydrogen-bond acceptors (Lipinski definition) is 6. The highest BCUT2D eigenvalue weighted by atomic mass is 79.9. The van der Waals surface area contributed by atoms with Gasteiger partial charge in [0.1, 0.15) is 11.4 Å². The Balaban J connectivity index is 1.25. The number of benzene rings is 2. The third kappa shape index (κ3) is 5.37. The number of sulfonamides is 1. The predicted octanol–water partition coefficient (Wildman–Crippen LogP) is 3.11. The maximum absolute atomic E-state index is 12.8. The first-order valence-corrected chi connectivity index (χ1v) is 12.7. The van der Waals surface area contributed by atoms with E-state index in [-0.39, 0.29) is 0 Å². The van der Waals surface area contributed by atoms with Gasteiger partial charge in [-0.15, -0.1) is 5.10 Å². The summed E-state index contributed by atoms with van der Waals surface area (Å²) in [5.74, 6) is 0.790. The molecule has 170 valence electrons. The quantitative estimate of drug-likeness (QED) is 0.454. The van der Waals surface area contributed by atoms with Gasteiger partial charge in [0.25, 0.3) is 0 Å². The number of hydrogen-bond donors (Lipinski definition) is 0. The molecule has 0 spiro atoms. The first-order valence-electron chi connectivity index (χ1n) is 10.5. The molecule has 0 aliphatic carbocycles. The van der Waals surface area contributed by atoms with Crippen molar-refractivity contribution in [2.24, 2.45) is 0 Å². The molecule has 3 aromatic rings. The van der Waals surface area contributed by atoms with Crippen molar-refractivity contribution in [1.82, 2.24) is 24.2 Å². The Morgan fingerprint density at radius 1 is 1.03 bits per heavy atom. The molecule has 4 rings (SSSR count). The second-order valence-electron chi connectivity index (χ2n) is 7.65. The van der Waals surface area contributed by atoms with E-state index in [1.54, 1.807) is 35.7 Å². The minimum absolute atomic E-state index is 0.340. The molecule has 0 unspecified atom stereocenters. The lowest BCUT2D eigenvalue weighted by Gasteiger charge is -2.33. The molecule has 1 aromatic heterocycles. The molecule has 0 N–H and O–H groups in total. The van der Waals surface area contributed by atoms with Crippen LogP contribution in [-0.4, -0.2) is 72.5 Å². The lowest BCUT2D eigenvalue weighted by molar-refractivity contribution is 0.183. The first kappa shape index (κ1) is 22.9. The van der Waals surface area contributed by atoms with Gasteiger partial charge < -0.3 is 9.64 Å². The lowest BCUT2D eigenvalue weighted by atomic mass is 10.1. The monoisotopic (exact) mass is 519 g/mol. The fourth-order valence-electron chi connectivity index (χ4n) is 3.73. The number of methoxy groups -OCH3 is 1. The van der Waals surface area contributed by atoms with Crippen LogP contribution in [0.3, 0.4) is 0 Å². The van der Waals surface area contributed by atoms with E-state index in [1.165, 1.54) is 0 Å². The van der Waals surface area contributed by atoms with Crippen LogP contribution in [0.1, 0.15) is 6.42 Å². The van der Waals surface area contributed by atoms with E-state index in [1.807, 2.05) is 35.1 Å². The largest absolute Gasteiger partial charge is 0.497 e. The Kier molecular flexibility index (Phi) is 7.24. The van der Waals surface area contributed by atoms with Crippen LogP contribution in [0.15, 0.2) is 64.1 Å². The van der Waals surface area contributed by atoms with Crippen molar-refractivity contribution in [2.75, 3.05) is 39.8 Å². The molecule has 0 amide bonds. The zero-order valence-corrected chi connectivity index (χ0v) is 20.3. The Morgan fingerprint density at radius 2 is 1.78 bits per heavy atom. The summed E-state index contributed by atoms with van der Waals surface area (Å²) in [7, 11) is -1.80. The van der Waals surface area contributed by atoms with Crippen LogP contribution in [0.4, 0.5) is 0 Å². The smallest absolute Gasteiger partial charge is 0.243 e. The molecule has 2 heterocycles. The zero-order valence-electron chi connectivity index (χ0n) is 17.9. The normalized spacial score (nSPS) is 15.7. The van der Waals surface area contributed by atoms with E-state index in [0.717, 1.165) is 54.1 Å². The molecular formula is C22H26BrN5O3S. The summed E-state index contributed by atoms with van der Waals surface area (Å²) >= 11 is 3.35. The molecular weight excluding hydrogens is 494 g/mol. The number of aryl methyl sites for hydroxylation is 1. The second kappa shape index (κ2) is 10.1. The van der Waals surface area contributed by atoms with E-state index < -0.39 is 10.0 Å².